The first-order chi connectivity index (χ1) is 14.9. The van der Waals surface area contributed by atoms with Crippen molar-refractivity contribution in [2.45, 2.75) is 30.2 Å². The van der Waals surface area contributed by atoms with Crippen molar-refractivity contribution in [2.24, 2.45) is 5.92 Å². The van der Waals surface area contributed by atoms with Crippen LogP contribution in [0.4, 0.5) is 11.4 Å². The summed E-state index contributed by atoms with van der Waals surface area (Å²) in [4.78, 5) is 0.254. The lowest BCUT2D eigenvalue weighted by Gasteiger charge is -2.37. The molecule has 5 rings (SSSR count). The fraction of sp³-hybridized carbons (Fsp3) is 0.200. The van der Waals surface area contributed by atoms with E-state index in [1.165, 1.54) is 5.56 Å². The summed E-state index contributed by atoms with van der Waals surface area (Å²) in [6, 6.07) is 21.2. The first-order valence-electron chi connectivity index (χ1n) is 10.3. The maximum absolute atomic E-state index is 13.1. The second-order valence-electron chi connectivity index (χ2n) is 8.15. The van der Waals surface area contributed by atoms with Gasteiger partial charge in [-0.25, -0.2) is 8.42 Å². The second kappa shape index (κ2) is 7.74. The summed E-state index contributed by atoms with van der Waals surface area (Å²) in [5.41, 5.74) is 4.46. The number of sulfonamides is 1. The highest BCUT2D eigenvalue weighted by atomic mass is 35.5. The first-order valence-corrected chi connectivity index (χ1v) is 12.2. The molecule has 0 fully saturated rings. The van der Waals surface area contributed by atoms with E-state index in [1.54, 1.807) is 37.3 Å². The number of hydrogen-bond donors (Lipinski definition) is 2. The average molecular weight is 451 g/mol. The highest BCUT2D eigenvalue weighted by Gasteiger charge is 2.38. The predicted molar refractivity (Wildman–Crippen MR) is 126 cm³/mol. The molecule has 0 amide bonds. The van der Waals surface area contributed by atoms with E-state index in [4.69, 9.17) is 11.6 Å². The summed E-state index contributed by atoms with van der Waals surface area (Å²) in [5, 5.41) is 4.19. The van der Waals surface area contributed by atoms with E-state index in [-0.39, 0.29) is 16.9 Å². The Kier molecular flexibility index (Phi) is 5.03. The fourth-order valence-electron chi connectivity index (χ4n) is 4.65. The third-order valence-corrected chi connectivity index (χ3v) is 8.09. The molecule has 0 saturated carbocycles. The molecule has 0 aromatic heterocycles. The molecule has 1 aliphatic heterocycles. The van der Waals surface area contributed by atoms with Crippen LogP contribution in [0.1, 0.15) is 35.1 Å². The van der Waals surface area contributed by atoms with Gasteiger partial charge in [0.25, 0.3) is 10.0 Å². The molecule has 0 spiro atoms. The Balaban J connectivity index is 1.50. The van der Waals surface area contributed by atoms with Crippen LogP contribution < -0.4 is 10.0 Å². The molecule has 1 heterocycles. The van der Waals surface area contributed by atoms with Crippen LogP contribution >= 0.6 is 11.6 Å². The molecular formula is C25H23ClN2O2S. The van der Waals surface area contributed by atoms with Crippen molar-refractivity contribution in [1.29, 1.82) is 0 Å². The summed E-state index contributed by atoms with van der Waals surface area (Å²) in [7, 11) is -3.74. The standard InChI is InChI=1S/C25H23ClN2O2S/c1-16-22(26)11-6-12-23(16)28-31(29,30)18-13-14-24-21(15-18)19-9-5-10-20(19)25(27-24)17-7-3-2-4-8-17/h2-9,11-15,19-20,25,27-28H,10H2,1H3/t19-,20+,25+/m0/s1. The summed E-state index contributed by atoms with van der Waals surface area (Å²) >= 11 is 6.16. The number of rotatable bonds is 4. The van der Waals surface area contributed by atoms with E-state index in [0.717, 1.165) is 17.7 Å². The maximum Gasteiger partial charge on any atom is 0.261 e. The molecule has 3 aromatic rings. The predicted octanol–water partition coefficient (Wildman–Crippen LogP) is 6.28. The minimum atomic E-state index is -3.74. The zero-order chi connectivity index (χ0) is 21.6. The number of allylic oxidation sites excluding steroid dienone is 2. The molecule has 158 valence electrons. The molecule has 0 bridgehead atoms. The largest absolute Gasteiger partial charge is 0.378 e. The van der Waals surface area contributed by atoms with Gasteiger partial charge in [0, 0.05) is 16.6 Å². The van der Waals surface area contributed by atoms with Gasteiger partial charge in [0.05, 0.1) is 16.6 Å². The molecule has 0 saturated heterocycles. The lowest BCUT2D eigenvalue weighted by molar-refractivity contribution is 0.425. The maximum atomic E-state index is 13.1. The van der Waals surface area contributed by atoms with E-state index in [1.807, 2.05) is 12.1 Å². The van der Waals surface area contributed by atoms with Crippen LogP contribution in [0, 0.1) is 12.8 Å². The van der Waals surface area contributed by atoms with Gasteiger partial charge in [-0.1, -0.05) is 60.2 Å². The Morgan fingerprint density at radius 1 is 1.03 bits per heavy atom. The smallest absolute Gasteiger partial charge is 0.261 e. The van der Waals surface area contributed by atoms with Crippen LogP contribution in [-0.4, -0.2) is 8.42 Å². The van der Waals surface area contributed by atoms with Crippen molar-refractivity contribution in [3.8, 4) is 0 Å². The Bertz CT molecular complexity index is 1270. The van der Waals surface area contributed by atoms with Gasteiger partial charge < -0.3 is 5.32 Å². The van der Waals surface area contributed by atoms with Crippen LogP contribution in [0.25, 0.3) is 0 Å². The van der Waals surface area contributed by atoms with E-state index in [0.29, 0.717) is 22.2 Å². The van der Waals surface area contributed by atoms with Crippen molar-refractivity contribution in [3.63, 3.8) is 0 Å². The number of nitrogens with one attached hydrogen (secondary N) is 2. The zero-order valence-electron chi connectivity index (χ0n) is 17.0. The van der Waals surface area contributed by atoms with E-state index >= 15 is 0 Å². The van der Waals surface area contributed by atoms with Gasteiger partial charge in [0.2, 0.25) is 0 Å². The second-order valence-corrected chi connectivity index (χ2v) is 10.2. The van der Waals surface area contributed by atoms with E-state index < -0.39 is 10.0 Å². The molecule has 2 N–H and O–H groups in total. The molecule has 31 heavy (non-hydrogen) atoms. The van der Waals surface area contributed by atoms with Crippen LogP contribution in [0.5, 0.6) is 0 Å². The van der Waals surface area contributed by atoms with E-state index in [9.17, 15) is 8.42 Å². The Morgan fingerprint density at radius 2 is 1.84 bits per heavy atom. The highest BCUT2D eigenvalue weighted by Crippen LogP contribution is 2.50. The SMILES string of the molecule is Cc1c(Cl)cccc1NS(=O)(=O)c1ccc2c(c1)[C@H]1C=CC[C@H]1[C@@H](c1ccccc1)N2. The van der Waals surface area contributed by atoms with Crippen LogP contribution in [0.3, 0.4) is 0 Å². The van der Waals surface area contributed by atoms with Crippen LogP contribution in [-0.2, 0) is 10.0 Å². The number of fused-ring (bicyclic) bond motifs is 3. The third-order valence-electron chi connectivity index (χ3n) is 6.32. The van der Waals surface area contributed by atoms with Gasteiger partial charge in [-0.05, 0) is 66.3 Å². The van der Waals surface area contributed by atoms with Gasteiger partial charge in [-0.3, -0.25) is 4.72 Å². The normalized spacial score (nSPS) is 21.8. The van der Waals surface area contributed by atoms with Crippen molar-refractivity contribution >= 4 is 33.0 Å². The molecule has 3 atom stereocenters. The lowest BCUT2D eigenvalue weighted by atomic mass is 9.77. The van der Waals surface area contributed by atoms with Crippen molar-refractivity contribution < 1.29 is 8.42 Å². The Morgan fingerprint density at radius 3 is 2.65 bits per heavy atom. The van der Waals surface area contributed by atoms with Gasteiger partial charge in [-0.15, -0.1) is 0 Å². The molecule has 0 unspecified atom stereocenters. The average Bonchev–Trinajstić information content (AvgIpc) is 3.27. The summed E-state index contributed by atoms with van der Waals surface area (Å²) < 4.78 is 29.0. The Labute approximate surface area is 188 Å². The van der Waals surface area contributed by atoms with Crippen LogP contribution in [0.15, 0.2) is 83.8 Å². The van der Waals surface area contributed by atoms with Gasteiger partial charge >= 0.3 is 0 Å². The third kappa shape index (κ3) is 3.62. The number of anilines is 2. The quantitative estimate of drug-likeness (QED) is 0.460. The molecule has 1 aliphatic carbocycles. The van der Waals surface area contributed by atoms with Crippen molar-refractivity contribution in [2.75, 3.05) is 10.0 Å². The lowest BCUT2D eigenvalue weighted by Crippen LogP contribution is -2.29. The minimum absolute atomic E-state index is 0.185. The van der Waals surface area contributed by atoms with Gasteiger partial charge in [0.1, 0.15) is 0 Å². The molecule has 0 radical (unpaired) electrons. The van der Waals surface area contributed by atoms with Gasteiger partial charge in [-0.2, -0.15) is 0 Å². The zero-order valence-corrected chi connectivity index (χ0v) is 18.6. The molecule has 2 aliphatic rings. The van der Waals surface area contributed by atoms with Crippen molar-refractivity contribution in [3.05, 3.63) is 101 Å². The topological polar surface area (TPSA) is 58.2 Å². The summed E-state index contributed by atoms with van der Waals surface area (Å²) in [5.74, 6) is 0.542. The molecule has 3 aromatic carbocycles. The molecule has 6 heteroatoms. The van der Waals surface area contributed by atoms with Gasteiger partial charge in [0.15, 0.2) is 0 Å². The molecule has 4 nitrogen and oxygen atoms in total. The van der Waals surface area contributed by atoms with E-state index in [2.05, 4.69) is 46.5 Å². The number of hydrogen-bond acceptors (Lipinski definition) is 3. The summed E-state index contributed by atoms with van der Waals surface area (Å²) in [6.45, 7) is 1.80. The number of benzene rings is 3. The highest BCUT2D eigenvalue weighted by molar-refractivity contribution is 7.92. The van der Waals surface area contributed by atoms with Crippen molar-refractivity contribution in [1.82, 2.24) is 0 Å². The Hall–Kier alpha value is -2.76. The monoisotopic (exact) mass is 450 g/mol. The fourth-order valence-corrected chi connectivity index (χ4v) is 5.98. The minimum Gasteiger partial charge on any atom is -0.378 e. The number of halogens is 1. The molecular weight excluding hydrogens is 428 g/mol. The first kappa shape index (κ1) is 20.2. The van der Waals surface area contributed by atoms with Crippen LogP contribution in [0.2, 0.25) is 5.02 Å². The summed E-state index contributed by atoms with van der Waals surface area (Å²) in [6.07, 6.45) is 5.38.